The molecule has 0 aliphatic carbocycles. The van der Waals surface area contributed by atoms with E-state index in [-0.39, 0.29) is 36.5 Å². The lowest BCUT2D eigenvalue weighted by atomic mass is 10.0. The number of nitrogens with zero attached hydrogens (tertiary/aromatic N) is 1. The number of imide groups is 1. The molecule has 2 aliphatic rings. The van der Waals surface area contributed by atoms with Gasteiger partial charge in [-0.05, 0) is 36.2 Å². The maximum Gasteiger partial charge on any atom is 0.349 e. The van der Waals surface area contributed by atoms with Gasteiger partial charge in [-0.2, -0.15) is 8.78 Å². The molecule has 0 bridgehead atoms. The number of hydrogen-bond acceptors (Lipinski definition) is 5. The molecule has 1 saturated heterocycles. The fourth-order valence-electron chi connectivity index (χ4n) is 4.46. The van der Waals surface area contributed by atoms with E-state index in [9.17, 15) is 28.0 Å². The lowest BCUT2D eigenvalue weighted by Crippen LogP contribution is -2.52. The van der Waals surface area contributed by atoms with Crippen molar-refractivity contribution in [2.24, 2.45) is 0 Å². The molecule has 2 aliphatic heterocycles. The first kappa shape index (κ1) is 23.0. The van der Waals surface area contributed by atoms with Gasteiger partial charge in [0.15, 0.2) is 0 Å². The molecule has 0 saturated carbocycles. The molecular formula is C24H18ClF2N3O5. The van der Waals surface area contributed by atoms with Gasteiger partial charge in [0.25, 0.3) is 11.8 Å². The third-order valence-corrected chi connectivity index (χ3v) is 6.52. The van der Waals surface area contributed by atoms with Gasteiger partial charge in [-0.1, -0.05) is 23.7 Å². The van der Waals surface area contributed by atoms with Crippen LogP contribution in [0.15, 0.2) is 47.1 Å². The van der Waals surface area contributed by atoms with E-state index in [0.29, 0.717) is 22.1 Å². The van der Waals surface area contributed by atoms with E-state index in [1.54, 1.807) is 6.07 Å². The number of carbonyl (C=O) groups excluding carboxylic acids is 4. The van der Waals surface area contributed by atoms with Crippen LogP contribution in [0.2, 0.25) is 5.02 Å². The van der Waals surface area contributed by atoms with Crippen LogP contribution in [0.25, 0.3) is 11.0 Å². The number of alkyl halides is 2. The SMILES string of the molecule is O=C1CCC(N2Cc3c(cc(CNC(=O)C(F)(F)c4ccc(Cl)cc4)c4ccoc34)C2=O)C(=O)N1. The molecule has 180 valence electrons. The van der Waals surface area contributed by atoms with E-state index in [4.69, 9.17) is 16.0 Å². The van der Waals surface area contributed by atoms with Crippen molar-refractivity contribution in [1.82, 2.24) is 15.5 Å². The predicted octanol–water partition coefficient (Wildman–Crippen LogP) is 3.26. The van der Waals surface area contributed by atoms with Crippen LogP contribution in [0.3, 0.4) is 0 Å². The molecule has 0 radical (unpaired) electrons. The second kappa shape index (κ2) is 8.46. The minimum atomic E-state index is -3.80. The number of rotatable bonds is 5. The number of piperidine rings is 1. The number of carbonyl (C=O) groups is 4. The first-order valence-electron chi connectivity index (χ1n) is 10.8. The highest BCUT2D eigenvalue weighted by Crippen LogP contribution is 2.36. The minimum absolute atomic E-state index is 0.103. The van der Waals surface area contributed by atoms with E-state index in [1.807, 2.05) is 0 Å². The summed E-state index contributed by atoms with van der Waals surface area (Å²) in [6.07, 6.45) is 1.72. The number of furan rings is 1. The van der Waals surface area contributed by atoms with Gasteiger partial charge in [0.2, 0.25) is 11.8 Å². The summed E-state index contributed by atoms with van der Waals surface area (Å²) in [6.45, 7) is -0.178. The molecule has 0 spiro atoms. The average Bonchev–Trinajstić information content (AvgIpc) is 3.43. The number of hydrogen-bond donors (Lipinski definition) is 2. The second-order valence-corrected chi connectivity index (χ2v) is 8.83. The Morgan fingerprint density at radius 2 is 1.94 bits per heavy atom. The van der Waals surface area contributed by atoms with Gasteiger partial charge in [0, 0.05) is 40.1 Å². The van der Waals surface area contributed by atoms with Crippen molar-refractivity contribution >= 4 is 46.2 Å². The van der Waals surface area contributed by atoms with Crippen LogP contribution in [0.1, 0.15) is 39.9 Å². The minimum Gasteiger partial charge on any atom is -0.464 e. The lowest BCUT2D eigenvalue weighted by molar-refractivity contribution is -0.147. The summed E-state index contributed by atoms with van der Waals surface area (Å²) in [5.74, 6) is -6.68. The first-order valence-corrected chi connectivity index (χ1v) is 11.1. The molecule has 1 fully saturated rings. The number of fused-ring (bicyclic) bond motifs is 3. The Hall–Kier alpha value is -3.79. The van der Waals surface area contributed by atoms with Gasteiger partial charge in [-0.15, -0.1) is 0 Å². The third kappa shape index (κ3) is 3.93. The van der Waals surface area contributed by atoms with Crippen molar-refractivity contribution in [2.45, 2.75) is 37.9 Å². The van der Waals surface area contributed by atoms with Crippen LogP contribution in [0, 0.1) is 0 Å². The molecule has 8 nitrogen and oxygen atoms in total. The summed E-state index contributed by atoms with van der Waals surface area (Å²) in [5.41, 5.74) is 1.09. The standard InChI is InChI=1S/C24H18ClF2N3O5/c25-14-3-1-13(2-4-14)24(26,27)23(34)28-10-12-9-16-17(20-15(12)7-8-35-20)11-30(22(16)33)18-5-6-19(31)29-21(18)32/h1-4,7-9,18H,5-6,10-11H2,(H,28,34)(H,29,31,32). The van der Waals surface area contributed by atoms with Gasteiger partial charge in [0.05, 0.1) is 12.8 Å². The second-order valence-electron chi connectivity index (χ2n) is 8.39. The highest BCUT2D eigenvalue weighted by Gasteiger charge is 2.42. The molecule has 1 aromatic heterocycles. The van der Waals surface area contributed by atoms with E-state index < -0.39 is 41.2 Å². The number of benzene rings is 2. The van der Waals surface area contributed by atoms with Gasteiger partial charge in [-0.3, -0.25) is 24.5 Å². The van der Waals surface area contributed by atoms with Crippen LogP contribution in [-0.2, 0) is 33.4 Å². The number of amides is 4. The Kier molecular flexibility index (Phi) is 5.55. The molecule has 1 unspecified atom stereocenters. The van der Waals surface area contributed by atoms with Crippen molar-refractivity contribution in [3.8, 4) is 0 Å². The van der Waals surface area contributed by atoms with Crippen LogP contribution >= 0.6 is 11.6 Å². The molecule has 2 aromatic carbocycles. The molecular weight excluding hydrogens is 484 g/mol. The van der Waals surface area contributed by atoms with Crippen LogP contribution in [0.5, 0.6) is 0 Å². The zero-order valence-corrected chi connectivity index (χ0v) is 18.8. The lowest BCUT2D eigenvalue weighted by Gasteiger charge is -2.29. The zero-order valence-electron chi connectivity index (χ0n) is 18.1. The Morgan fingerprint density at radius 3 is 2.66 bits per heavy atom. The van der Waals surface area contributed by atoms with Gasteiger partial charge in [-0.25, -0.2) is 0 Å². The van der Waals surface area contributed by atoms with Crippen molar-refractivity contribution in [3.63, 3.8) is 0 Å². The summed E-state index contributed by atoms with van der Waals surface area (Å²) in [6, 6.07) is 7.02. The van der Waals surface area contributed by atoms with Crippen LogP contribution in [-0.4, -0.2) is 34.6 Å². The van der Waals surface area contributed by atoms with Crippen LogP contribution < -0.4 is 10.6 Å². The Balaban J connectivity index is 1.39. The third-order valence-electron chi connectivity index (χ3n) is 6.27. The van der Waals surface area contributed by atoms with Crippen LogP contribution in [0.4, 0.5) is 8.78 Å². The van der Waals surface area contributed by atoms with Gasteiger partial charge in [0.1, 0.15) is 11.6 Å². The van der Waals surface area contributed by atoms with E-state index >= 15 is 0 Å². The van der Waals surface area contributed by atoms with E-state index in [1.165, 1.54) is 29.4 Å². The molecule has 1 atom stereocenters. The summed E-state index contributed by atoms with van der Waals surface area (Å²) >= 11 is 5.74. The summed E-state index contributed by atoms with van der Waals surface area (Å²) in [4.78, 5) is 50.6. The largest absolute Gasteiger partial charge is 0.464 e. The Bertz CT molecular complexity index is 1390. The first-order chi connectivity index (χ1) is 16.7. The van der Waals surface area contributed by atoms with Crippen molar-refractivity contribution in [3.05, 3.63) is 69.9 Å². The number of halogens is 3. The molecule has 35 heavy (non-hydrogen) atoms. The number of nitrogens with one attached hydrogen (secondary N) is 2. The maximum atomic E-state index is 14.6. The zero-order chi connectivity index (χ0) is 24.9. The quantitative estimate of drug-likeness (QED) is 0.522. The molecule has 11 heteroatoms. The normalized spacial score (nSPS) is 18.1. The highest BCUT2D eigenvalue weighted by molar-refractivity contribution is 6.30. The van der Waals surface area contributed by atoms with E-state index in [0.717, 1.165) is 12.1 Å². The molecule has 5 rings (SSSR count). The van der Waals surface area contributed by atoms with Gasteiger partial charge < -0.3 is 14.6 Å². The fourth-order valence-corrected chi connectivity index (χ4v) is 4.58. The predicted molar refractivity (Wildman–Crippen MR) is 119 cm³/mol. The Morgan fingerprint density at radius 1 is 1.20 bits per heavy atom. The molecule has 4 amide bonds. The Labute approximate surface area is 202 Å². The van der Waals surface area contributed by atoms with Gasteiger partial charge >= 0.3 is 5.92 Å². The van der Waals surface area contributed by atoms with Crippen molar-refractivity contribution < 1.29 is 32.4 Å². The molecule has 3 aromatic rings. The van der Waals surface area contributed by atoms with E-state index in [2.05, 4.69) is 10.6 Å². The van der Waals surface area contributed by atoms with Crippen molar-refractivity contribution in [1.29, 1.82) is 0 Å². The topological polar surface area (TPSA) is 109 Å². The summed E-state index contributed by atoms with van der Waals surface area (Å²) in [5, 5.41) is 5.29. The summed E-state index contributed by atoms with van der Waals surface area (Å²) in [7, 11) is 0. The molecule has 3 heterocycles. The summed E-state index contributed by atoms with van der Waals surface area (Å²) < 4.78 is 34.9. The average molecular weight is 502 g/mol. The molecule has 2 N–H and O–H groups in total. The van der Waals surface area contributed by atoms with Crippen molar-refractivity contribution in [2.75, 3.05) is 0 Å². The fraction of sp³-hybridized carbons (Fsp3) is 0.250. The highest BCUT2D eigenvalue weighted by atomic mass is 35.5. The smallest absolute Gasteiger partial charge is 0.349 e. The maximum absolute atomic E-state index is 14.6. The monoisotopic (exact) mass is 501 g/mol.